The molecule has 0 spiro atoms. The summed E-state index contributed by atoms with van der Waals surface area (Å²) >= 11 is 1.69. The van der Waals surface area contributed by atoms with Crippen molar-refractivity contribution in [3.05, 3.63) is 54.4 Å². The number of aryl methyl sites for hydroxylation is 1. The molecular formula is C15H14N4S. The molecule has 0 unspecified atom stereocenters. The van der Waals surface area contributed by atoms with E-state index in [1.54, 1.807) is 11.8 Å². The van der Waals surface area contributed by atoms with Gasteiger partial charge in [-0.05, 0) is 43.5 Å². The zero-order valence-corrected chi connectivity index (χ0v) is 12.1. The minimum atomic E-state index is 0.773. The van der Waals surface area contributed by atoms with Gasteiger partial charge in [-0.25, -0.2) is 4.98 Å². The van der Waals surface area contributed by atoms with E-state index in [4.69, 9.17) is 0 Å². The fourth-order valence-electron chi connectivity index (χ4n) is 2.00. The number of hydrogen-bond donors (Lipinski definition) is 0. The molecule has 0 N–H and O–H groups in total. The van der Waals surface area contributed by atoms with E-state index < -0.39 is 0 Å². The molecule has 0 saturated carbocycles. The highest BCUT2D eigenvalue weighted by Gasteiger charge is 2.06. The average molecular weight is 282 g/mol. The van der Waals surface area contributed by atoms with Crippen molar-refractivity contribution in [3.63, 3.8) is 0 Å². The number of imidazole rings is 1. The Morgan fingerprint density at radius 1 is 1.10 bits per heavy atom. The summed E-state index contributed by atoms with van der Waals surface area (Å²) in [6.07, 6.45) is 3.99. The van der Waals surface area contributed by atoms with E-state index in [2.05, 4.69) is 21.3 Å². The summed E-state index contributed by atoms with van der Waals surface area (Å²) in [5, 5.41) is 8.67. The van der Waals surface area contributed by atoms with Crippen LogP contribution in [0.15, 0.2) is 63.8 Å². The van der Waals surface area contributed by atoms with Crippen molar-refractivity contribution >= 4 is 28.9 Å². The van der Waals surface area contributed by atoms with E-state index in [9.17, 15) is 0 Å². The highest BCUT2D eigenvalue weighted by atomic mass is 32.2. The van der Waals surface area contributed by atoms with Gasteiger partial charge in [0.15, 0.2) is 5.82 Å². The van der Waals surface area contributed by atoms with Crippen LogP contribution in [0.25, 0.3) is 5.65 Å². The molecular weight excluding hydrogens is 268 g/mol. The van der Waals surface area contributed by atoms with Crippen molar-refractivity contribution in [2.24, 2.45) is 10.2 Å². The third kappa shape index (κ3) is 2.44. The second kappa shape index (κ2) is 5.46. The molecule has 2 heterocycles. The molecule has 5 heteroatoms. The Kier molecular flexibility index (Phi) is 3.52. The first-order valence-electron chi connectivity index (χ1n) is 6.27. The van der Waals surface area contributed by atoms with Gasteiger partial charge < -0.3 is 0 Å². The lowest BCUT2D eigenvalue weighted by Gasteiger charge is -1.98. The molecule has 3 rings (SSSR count). The van der Waals surface area contributed by atoms with Crippen LogP contribution in [0.5, 0.6) is 0 Å². The molecule has 2 aromatic heterocycles. The van der Waals surface area contributed by atoms with Gasteiger partial charge in [0.1, 0.15) is 5.65 Å². The van der Waals surface area contributed by atoms with Gasteiger partial charge in [0, 0.05) is 11.1 Å². The van der Waals surface area contributed by atoms with E-state index in [0.717, 1.165) is 22.8 Å². The molecule has 0 aliphatic heterocycles. The molecule has 4 nitrogen and oxygen atoms in total. The van der Waals surface area contributed by atoms with Crippen LogP contribution in [-0.2, 0) is 0 Å². The van der Waals surface area contributed by atoms with Crippen molar-refractivity contribution in [3.8, 4) is 0 Å². The van der Waals surface area contributed by atoms with Gasteiger partial charge >= 0.3 is 0 Å². The minimum absolute atomic E-state index is 0.773. The molecule has 0 saturated heterocycles. The van der Waals surface area contributed by atoms with Gasteiger partial charge in [-0.2, -0.15) is 0 Å². The largest absolute Gasteiger partial charge is 0.283 e. The number of aromatic nitrogens is 2. The Balaban J connectivity index is 2.00. The lowest BCUT2D eigenvalue weighted by molar-refractivity contribution is 1.09. The fraction of sp³-hybridized carbons (Fsp3) is 0.133. The van der Waals surface area contributed by atoms with Crippen LogP contribution in [0.3, 0.4) is 0 Å². The van der Waals surface area contributed by atoms with Gasteiger partial charge in [0.2, 0.25) is 0 Å². The Labute approximate surface area is 121 Å². The summed E-state index contributed by atoms with van der Waals surface area (Å²) in [6.45, 7) is 1.94. The molecule has 0 bridgehead atoms. The zero-order chi connectivity index (χ0) is 13.9. The van der Waals surface area contributed by atoms with Crippen molar-refractivity contribution in [2.45, 2.75) is 11.8 Å². The molecule has 100 valence electrons. The Hall–Kier alpha value is -2.14. The number of thioether (sulfide) groups is 1. The molecule has 1 aromatic carbocycles. The molecule has 0 aliphatic rings. The van der Waals surface area contributed by atoms with E-state index >= 15 is 0 Å². The minimum Gasteiger partial charge on any atom is -0.283 e. The fourth-order valence-corrected chi connectivity index (χ4v) is 2.45. The van der Waals surface area contributed by atoms with Gasteiger partial charge in [-0.15, -0.1) is 22.0 Å². The van der Waals surface area contributed by atoms with Crippen molar-refractivity contribution < 1.29 is 0 Å². The van der Waals surface area contributed by atoms with Crippen LogP contribution in [0.1, 0.15) is 5.69 Å². The number of fused-ring (bicyclic) bond motifs is 1. The average Bonchev–Trinajstić information content (AvgIpc) is 2.81. The van der Waals surface area contributed by atoms with Gasteiger partial charge in [-0.3, -0.25) is 4.40 Å². The van der Waals surface area contributed by atoms with Crippen LogP contribution < -0.4 is 0 Å². The number of nitrogens with zero attached hydrogens (tertiary/aromatic N) is 4. The highest BCUT2D eigenvalue weighted by molar-refractivity contribution is 7.98. The van der Waals surface area contributed by atoms with Crippen LogP contribution in [-0.4, -0.2) is 15.6 Å². The lowest BCUT2D eigenvalue weighted by atomic mass is 10.3. The summed E-state index contributed by atoms with van der Waals surface area (Å²) in [6, 6.07) is 13.9. The summed E-state index contributed by atoms with van der Waals surface area (Å²) in [5.41, 5.74) is 2.61. The number of hydrogen-bond acceptors (Lipinski definition) is 4. The molecule has 0 radical (unpaired) electrons. The van der Waals surface area contributed by atoms with Crippen LogP contribution in [0.2, 0.25) is 0 Å². The Morgan fingerprint density at radius 3 is 2.85 bits per heavy atom. The quantitative estimate of drug-likeness (QED) is 0.512. The van der Waals surface area contributed by atoms with Crippen LogP contribution in [0.4, 0.5) is 11.5 Å². The smallest absolute Gasteiger partial charge is 0.182 e. The second-order valence-electron chi connectivity index (χ2n) is 4.35. The highest BCUT2D eigenvalue weighted by Crippen LogP contribution is 2.25. The van der Waals surface area contributed by atoms with Crippen LogP contribution >= 0.6 is 11.8 Å². The van der Waals surface area contributed by atoms with Crippen molar-refractivity contribution in [1.82, 2.24) is 9.38 Å². The first-order chi connectivity index (χ1) is 9.78. The summed E-state index contributed by atoms with van der Waals surface area (Å²) in [7, 11) is 0. The number of benzene rings is 1. The standard InChI is InChI=1S/C15H14N4S/c1-11-15(19-9-4-3-8-14(19)16-11)18-17-12-6-5-7-13(10-12)20-2/h3-10H,1-2H3. The Bertz CT molecular complexity index is 776. The summed E-state index contributed by atoms with van der Waals surface area (Å²) in [5.74, 6) is 0.773. The van der Waals surface area contributed by atoms with E-state index in [1.807, 2.05) is 60.2 Å². The first-order valence-corrected chi connectivity index (χ1v) is 7.50. The maximum atomic E-state index is 4.46. The summed E-state index contributed by atoms with van der Waals surface area (Å²) < 4.78 is 1.94. The maximum absolute atomic E-state index is 4.46. The maximum Gasteiger partial charge on any atom is 0.182 e. The third-order valence-electron chi connectivity index (χ3n) is 2.99. The lowest BCUT2D eigenvalue weighted by Crippen LogP contribution is -1.80. The predicted octanol–water partition coefficient (Wildman–Crippen LogP) is 4.78. The third-order valence-corrected chi connectivity index (χ3v) is 3.71. The topological polar surface area (TPSA) is 42.0 Å². The van der Waals surface area contributed by atoms with Crippen molar-refractivity contribution in [1.29, 1.82) is 0 Å². The van der Waals surface area contributed by atoms with Gasteiger partial charge in [0.25, 0.3) is 0 Å². The van der Waals surface area contributed by atoms with Crippen LogP contribution in [0, 0.1) is 6.92 Å². The number of azo groups is 1. The molecule has 0 aliphatic carbocycles. The first kappa shape index (κ1) is 12.9. The second-order valence-corrected chi connectivity index (χ2v) is 5.23. The molecule has 0 amide bonds. The van der Waals surface area contributed by atoms with E-state index in [1.165, 1.54) is 4.90 Å². The Morgan fingerprint density at radius 2 is 2.00 bits per heavy atom. The molecule has 3 aromatic rings. The predicted molar refractivity (Wildman–Crippen MR) is 82.3 cm³/mol. The van der Waals surface area contributed by atoms with E-state index in [0.29, 0.717) is 0 Å². The number of pyridine rings is 1. The molecule has 0 fully saturated rings. The SMILES string of the molecule is CSc1cccc(N=Nc2c(C)nc3ccccn23)c1. The molecule has 20 heavy (non-hydrogen) atoms. The summed E-state index contributed by atoms with van der Waals surface area (Å²) in [4.78, 5) is 5.64. The van der Waals surface area contributed by atoms with E-state index in [-0.39, 0.29) is 0 Å². The molecule has 0 atom stereocenters. The zero-order valence-electron chi connectivity index (χ0n) is 11.3. The number of rotatable bonds is 3. The normalized spacial score (nSPS) is 11.5. The van der Waals surface area contributed by atoms with Crippen molar-refractivity contribution in [2.75, 3.05) is 6.26 Å². The van der Waals surface area contributed by atoms with Gasteiger partial charge in [-0.1, -0.05) is 12.1 Å². The van der Waals surface area contributed by atoms with Gasteiger partial charge in [0.05, 0.1) is 11.4 Å². The monoisotopic (exact) mass is 282 g/mol.